The Hall–Kier alpha value is -2.57. The van der Waals surface area contributed by atoms with E-state index in [1.807, 2.05) is 35.1 Å². The molecular weight excluding hydrogens is 440 g/mol. The summed E-state index contributed by atoms with van der Waals surface area (Å²) in [6.07, 6.45) is 7.69. The van der Waals surface area contributed by atoms with Crippen molar-refractivity contribution < 1.29 is 13.9 Å². The van der Waals surface area contributed by atoms with Gasteiger partial charge in [0.05, 0.1) is 16.9 Å². The number of carbonyl (C=O) groups excluding carboxylic acids is 1. The van der Waals surface area contributed by atoms with Crippen molar-refractivity contribution in [1.29, 1.82) is 0 Å². The SMILES string of the molecule is O=C(COc1ccc(Cl)c(F)c1)N[C@H]1CC[C@@H](c2cnn(-c3ccc(Cl)cc3)c2)CC1. The van der Waals surface area contributed by atoms with Gasteiger partial charge in [0.2, 0.25) is 0 Å². The van der Waals surface area contributed by atoms with Gasteiger partial charge in [0.25, 0.3) is 5.91 Å². The van der Waals surface area contributed by atoms with Crippen LogP contribution in [-0.4, -0.2) is 28.3 Å². The van der Waals surface area contributed by atoms with E-state index < -0.39 is 5.82 Å². The third-order valence-electron chi connectivity index (χ3n) is 5.52. The Morgan fingerprint density at radius 2 is 1.87 bits per heavy atom. The Morgan fingerprint density at radius 3 is 2.58 bits per heavy atom. The average Bonchev–Trinajstić information content (AvgIpc) is 3.26. The Labute approximate surface area is 190 Å². The van der Waals surface area contributed by atoms with E-state index in [4.69, 9.17) is 27.9 Å². The number of hydrogen-bond acceptors (Lipinski definition) is 3. The third kappa shape index (κ3) is 5.57. The van der Waals surface area contributed by atoms with Crippen LogP contribution in [0.1, 0.15) is 37.2 Å². The lowest BCUT2D eigenvalue weighted by Crippen LogP contribution is -2.39. The molecule has 0 aliphatic heterocycles. The molecule has 31 heavy (non-hydrogen) atoms. The van der Waals surface area contributed by atoms with Crippen LogP contribution in [-0.2, 0) is 4.79 Å². The van der Waals surface area contributed by atoms with Crippen LogP contribution in [0.4, 0.5) is 4.39 Å². The highest BCUT2D eigenvalue weighted by Crippen LogP contribution is 2.33. The molecule has 0 saturated heterocycles. The Balaban J connectivity index is 1.24. The summed E-state index contributed by atoms with van der Waals surface area (Å²) in [7, 11) is 0. The monoisotopic (exact) mass is 461 g/mol. The minimum atomic E-state index is -0.572. The lowest BCUT2D eigenvalue weighted by molar-refractivity contribution is -0.124. The average molecular weight is 462 g/mol. The summed E-state index contributed by atoms with van der Waals surface area (Å²) in [6, 6.07) is 11.8. The molecule has 5 nitrogen and oxygen atoms in total. The normalized spacial score (nSPS) is 18.5. The lowest BCUT2D eigenvalue weighted by Gasteiger charge is -2.28. The summed E-state index contributed by atoms with van der Waals surface area (Å²) in [5, 5.41) is 8.20. The summed E-state index contributed by atoms with van der Waals surface area (Å²) >= 11 is 11.6. The quantitative estimate of drug-likeness (QED) is 0.524. The van der Waals surface area contributed by atoms with Gasteiger partial charge in [-0.15, -0.1) is 0 Å². The molecule has 1 aliphatic carbocycles. The number of carbonyl (C=O) groups is 1. The third-order valence-corrected chi connectivity index (χ3v) is 6.08. The van der Waals surface area contributed by atoms with Crippen LogP contribution in [0, 0.1) is 5.82 Å². The van der Waals surface area contributed by atoms with E-state index in [0.29, 0.717) is 10.9 Å². The lowest BCUT2D eigenvalue weighted by atomic mass is 9.83. The Morgan fingerprint density at radius 1 is 1.13 bits per heavy atom. The van der Waals surface area contributed by atoms with Gasteiger partial charge in [0.15, 0.2) is 6.61 Å². The van der Waals surface area contributed by atoms with Crippen LogP contribution < -0.4 is 10.1 Å². The van der Waals surface area contributed by atoms with Crippen LogP contribution in [0.15, 0.2) is 54.9 Å². The van der Waals surface area contributed by atoms with E-state index in [2.05, 4.69) is 16.6 Å². The fraction of sp³-hybridized carbons (Fsp3) is 0.304. The van der Waals surface area contributed by atoms with Crippen LogP contribution in [0.5, 0.6) is 5.75 Å². The molecule has 1 aromatic heterocycles. The highest BCUT2D eigenvalue weighted by atomic mass is 35.5. The first kappa shape index (κ1) is 21.7. The topological polar surface area (TPSA) is 56.1 Å². The van der Waals surface area contributed by atoms with Gasteiger partial charge in [-0.2, -0.15) is 5.10 Å². The minimum Gasteiger partial charge on any atom is -0.484 e. The van der Waals surface area contributed by atoms with Gasteiger partial charge in [-0.25, -0.2) is 9.07 Å². The van der Waals surface area contributed by atoms with Crippen molar-refractivity contribution in [1.82, 2.24) is 15.1 Å². The summed E-state index contributed by atoms with van der Waals surface area (Å²) in [5.41, 5.74) is 2.17. The summed E-state index contributed by atoms with van der Waals surface area (Å²) in [4.78, 5) is 12.2. The maximum Gasteiger partial charge on any atom is 0.258 e. The largest absolute Gasteiger partial charge is 0.484 e. The zero-order valence-corrected chi connectivity index (χ0v) is 18.2. The van der Waals surface area contributed by atoms with E-state index in [-0.39, 0.29) is 29.3 Å². The maximum atomic E-state index is 13.4. The molecule has 1 fully saturated rings. The van der Waals surface area contributed by atoms with E-state index in [0.717, 1.165) is 31.4 Å². The van der Waals surface area contributed by atoms with Gasteiger partial charge in [-0.1, -0.05) is 23.2 Å². The molecule has 2 aromatic carbocycles. The van der Waals surface area contributed by atoms with Gasteiger partial charge >= 0.3 is 0 Å². The first-order valence-corrected chi connectivity index (χ1v) is 10.9. The molecule has 1 saturated carbocycles. The van der Waals surface area contributed by atoms with Crippen LogP contribution in [0.2, 0.25) is 10.0 Å². The first-order valence-electron chi connectivity index (χ1n) is 10.2. The first-order chi connectivity index (χ1) is 15.0. The molecular formula is C23H22Cl2FN3O2. The molecule has 1 aliphatic rings. The smallest absolute Gasteiger partial charge is 0.258 e. The number of halogens is 3. The van der Waals surface area contributed by atoms with E-state index in [9.17, 15) is 9.18 Å². The van der Waals surface area contributed by atoms with Crippen molar-refractivity contribution in [2.75, 3.05) is 6.61 Å². The second-order valence-corrected chi connectivity index (χ2v) is 8.52. The van der Waals surface area contributed by atoms with Crippen molar-refractivity contribution in [3.05, 3.63) is 76.3 Å². The second-order valence-electron chi connectivity index (χ2n) is 7.68. The van der Waals surface area contributed by atoms with Crippen LogP contribution in [0.3, 0.4) is 0 Å². The van der Waals surface area contributed by atoms with Gasteiger partial charge < -0.3 is 10.1 Å². The standard InChI is InChI=1S/C23H22Cl2FN3O2/c24-17-3-7-19(8-4-17)29-13-16(12-27-29)15-1-5-18(6-2-15)28-23(30)14-31-20-9-10-21(25)22(26)11-20/h3-4,7-13,15,18H,1-2,5-6,14H2,(H,28,30)/t15-,18+. The van der Waals surface area contributed by atoms with Crippen molar-refractivity contribution in [2.24, 2.45) is 0 Å². The predicted molar refractivity (Wildman–Crippen MR) is 119 cm³/mol. The number of nitrogens with one attached hydrogen (secondary N) is 1. The summed E-state index contributed by atoms with van der Waals surface area (Å²) in [6.45, 7) is -0.158. The molecule has 0 atom stereocenters. The second kappa shape index (κ2) is 9.71. The van der Waals surface area contributed by atoms with Crippen LogP contribution >= 0.6 is 23.2 Å². The molecule has 0 bridgehead atoms. The number of ether oxygens (including phenoxy) is 1. The number of rotatable bonds is 6. The zero-order valence-electron chi connectivity index (χ0n) is 16.7. The fourth-order valence-electron chi connectivity index (χ4n) is 3.84. The molecule has 1 N–H and O–H groups in total. The highest BCUT2D eigenvalue weighted by molar-refractivity contribution is 6.31. The number of aromatic nitrogens is 2. The molecule has 4 rings (SSSR count). The minimum absolute atomic E-state index is 0.0206. The molecule has 0 unspecified atom stereocenters. The summed E-state index contributed by atoms with van der Waals surface area (Å²) < 4.78 is 20.7. The number of amides is 1. The molecule has 1 amide bonds. The number of hydrogen-bond donors (Lipinski definition) is 1. The van der Waals surface area contributed by atoms with E-state index >= 15 is 0 Å². The molecule has 8 heteroatoms. The van der Waals surface area contributed by atoms with Gasteiger partial charge in [0.1, 0.15) is 11.6 Å². The van der Waals surface area contributed by atoms with E-state index in [1.54, 1.807) is 0 Å². The molecule has 1 heterocycles. The maximum absolute atomic E-state index is 13.4. The van der Waals surface area contributed by atoms with E-state index in [1.165, 1.54) is 23.8 Å². The van der Waals surface area contributed by atoms with Gasteiger partial charge in [-0.3, -0.25) is 4.79 Å². The van der Waals surface area contributed by atoms with Crippen molar-refractivity contribution >= 4 is 29.1 Å². The van der Waals surface area contributed by atoms with Crippen LogP contribution in [0.25, 0.3) is 5.69 Å². The van der Waals surface area contributed by atoms with Crippen molar-refractivity contribution in [2.45, 2.75) is 37.6 Å². The predicted octanol–water partition coefficient (Wildman–Crippen LogP) is 5.54. The summed E-state index contributed by atoms with van der Waals surface area (Å²) in [5.74, 6) is -0.0902. The molecule has 3 aromatic rings. The van der Waals surface area contributed by atoms with Gasteiger partial charge in [-0.05, 0) is 73.6 Å². The van der Waals surface area contributed by atoms with Crippen molar-refractivity contribution in [3.8, 4) is 11.4 Å². The Kier molecular flexibility index (Phi) is 6.78. The van der Waals surface area contributed by atoms with Crippen molar-refractivity contribution in [3.63, 3.8) is 0 Å². The zero-order chi connectivity index (χ0) is 21.8. The Bertz CT molecular complexity index is 1050. The molecule has 0 radical (unpaired) electrons. The fourth-order valence-corrected chi connectivity index (χ4v) is 4.08. The van der Waals surface area contributed by atoms with Gasteiger partial charge in [0, 0.05) is 23.3 Å². The molecule has 162 valence electrons. The molecule has 0 spiro atoms. The number of benzene rings is 2. The highest BCUT2D eigenvalue weighted by Gasteiger charge is 2.24. The number of nitrogens with zero attached hydrogens (tertiary/aromatic N) is 2.